The minimum absolute atomic E-state index is 0.115. The van der Waals surface area contributed by atoms with Crippen LogP contribution in [-0.4, -0.2) is 31.7 Å². The Kier molecular flexibility index (Phi) is 3.46. The summed E-state index contributed by atoms with van der Waals surface area (Å²) in [6.45, 7) is 0.677. The van der Waals surface area contributed by atoms with E-state index in [0.717, 1.165) is 28.6 Å². The molecule has 0 bridgehead atoms. The van der Waals surface area contributed by atoms with Gasteiger partial charge in [-0.15, -0.1) is 0 Å². The molecule has 4 rings (SSSR count). The minimum Gasteiger partial charge on any atom is -0.351 e. The number of carbonyl (C=O) groups excluding carboxylic acids is 1. The van der Waals surface area contributed by atoms with E-state index in [2.05, 4.69) is 20.4 Å². The molecule has 1 atom stereocenters. The van der Waals surface area contributed by atoms with Crippen molar-refractivity contribution in [1.29, 1.82) is 0 Å². The second-order valence-corrected chi connectivity index (χ2v) is 6.04. The van der Waals surface area contributed by atoms with Gasteiger partial charge in [0, 0.05) is 36.0 Å². The number of amides is 1. The van der Waals surface area contributed by atoms with Crippen molar-refractivity contribution in [2.45, 2.75) is 25.4 Å². The molecular weight excluding hydrogens is 314 g/mol. The summed E-state index contributed by atoms with van der Waals surface area (Å²) in [5, 5.41) is 7.76. The average molecular weight is 328 g/mol. The van der Waals surface area contributed by atoms with Crippen molar-refractivity contribution in [3.05, 3.63) is 41.9 Å². The van der Waals surface area contributed by atoms with E-state index in [-0.39, 0.29) is 11.9 Å². The number of halogens is 1. The van der Waals surface area contributed by atoms with Crippen LogP contribution in [0.1, 0.15) is 12.8 Å². The lowest BCUT2D eigenvalue weighted by Gasteiger charge is -2.09. The number of nitrogens with zero attached hydrogens (tertiary/aromatic N) is 4. The Morgan fingerprint density at radius 2 is 2.17 bits per heavy atom. The standard InChI is InChI=1S/C16H14ClN5O/c17-15-3-2-13-14(21-15)5-10(6-18-13)11-7-19-22(8-11)9-12-1-4-16(23)20-12/h2-3,5-8,12H,1,4,9H2,(H,20,23)/t12-/m0/s1. The highest BCUT2D eigenvalue weighted by atomic mass is 35.5. The number of fused-ring (bicyclic) bond motifs is 1. The molecule has 1 amide bonds. The Morgan fingerprint density at radius 3 is 3.00 bits per heavy atom. The third kappa shape index (κ3) is 2.90. The normalized spacial score (nSPS) is 17.6. The summed E-state index contributed by atoms with van der Waals surface area (Å²) in [5.74, 6) is 0.115. The number of rotatable bonds is 3. The molecule has 3 aromatic rings. The second-order valence-electron chi connectivity index (χ2n) is 5.65. The van der Waals surface area contributed by atoms with E-state index in [4.69, 9.17) is 11.6 Å². The highest BCUT2D eigenvalue weighted by Gasteiger charge is 2.21. The number of hydrogen-bond donors (Lipinski definition) is 1. The number of carbonyl (C=O) groups is 1. The van der Waals surface area contributed by atoms with Crippen LogP contribution in [0.5, 0.6) is 0 Å². The van der Waals surface area contributed by atoms with Crippen LogP contribution in [-0.2, 0) is 11.3 Å². The van der Waals surface area contributed by atoms with Gasteiger partial charge in [-0.25, -0.2) is 4.98 Å². The van der Waals surface area contributed by atoms with Crippen LogP contribution >= 0.6 is 11.6 Å². The molecule has 7 heteroatoms. The smallest absolute Gasteiger partial charge is 0.220 e. The Hall–Kier alpha value is -2.47. The summed E-state index contributed by atoms with van der Waals surface area (Å²) in [5.41, 5.74) is 3.46. The summed E-state index contributed by atoms with van der Waals surface area (Å²) in [7, 11) is 0. The number of hydrogen-bond acceptors (Lipinski definition) is 4. The minimum atomic E-state index is 0.115. The summed E-state index contributed by atoms with van der Waals surface area (Å²) < 4.78 is 1.85. The largest absolute Gasteiger partial charge is 0.351 e. The zero-order chi connectivity index (χ0) is 15.8. The fraction of sp³-hybridized carbons (Fsp3) is 0.250. The van der Waals surface area contributed by atoms with Crippen molar-refractivity contribution in [2.24, 2.45) is 0 Å². The lowest BCUT2D eigenvalue weighted by Crippen LogP contribution is -2.29. The van der Waals surface area contributed by atoms with Gasteiger partial charge in [0.1, 0.15) is 5.15 Å². The molecule has 4 heterocycles. The van der Waals surface area contributed by atoms with Crippen molar-refractivity contribution >= 4 is 28.5 Å². The lowest BCUT2D eigenvalue weighted by molar-refractivity contribution is -0.119. The molecule has 23 heavy (non-hydrogen) atoms. The van der Waals surface area contributed by atoms with Crippen molar-refractivity contribution in [2.75, 3.05) is 0 Å². The Morgan fingerprint density at radius 1 is 1.26 bits per heavy atom. The predicted molar refractivity (Wildman–Crippen MR) is 86.9 cm³/mol. The Balaban J connectivity index is 1.59. The van der Waals surface area contributed by atoms with Crippen molar-refractivity contribution in [1.82, 2.24) is 25.1 Å². The maximum atomic E-state index is 11.3. The molecule has 0 unspecified atom stereocenters. The molecule has 1 saturated heterocycles. The molecular formula is C16H14ClN5O. The van der Waals surface area contributed by atoms with Gasteiger partial charge in [0.05, 0.1) is 23.8 Å². The summed E-state index contributed by atoms with van der Waals surface area (Å²) >= 11 is 5.94. The molecule has 1 N–H and O–H groups in total. The summed E-state index contributed by atoms with van der Waals surface area (Å²) in [4.78, 5) is 19.9. The van der Waals surface area contributed by atoms with E-state index in [0.29, 0.717) is 18.1 Å². The SMILES string of the molecule is O=C1CC[C@@H](Cn2cc(-c3cnc4ccc(Cl)nc4c3)cn2)N1. The predicted octanol–water partition coefficient (Wildman–Crippen LogP) is 2.43. The van der Waals surface area contributed by atoms with Crippen molar-refractivity contribution in [3.8, 4) is 11.1 Å². The highest BCUT2D eigenvalue weighted by molar-refractivity contribution is 6.29. The van der Waals surface area contributed by atoms with Gasteiger partial charge in [-0.1, -0.05) is 11.6 Å². The van der Waals surface area contributed by atoms with Crippen molar-refractivity contribution < 1.29 is 4.79 Å². The van der Waals surface area contributed by atoms with Gasteiger partial charge >= 0.3 is 0 Å². The zero-order valence-electron chi connectivity index (χ0n) is 12.2. The molecule has 1 fully saturated rings. The first-order valence-electron chi connectivity index (χ1n) is 7.42. The van der Waals surface area contributed by atoms with Gasteiger partial charge in [0.2, 0.25) is 5.91 Å². The first-order valence-corrected chi connectivity index (χ1v) is 7.80. The van der Waals surface area contributed by atoms with Crippen LogP contribution in [0.25, 0.3) is 22.2 Å². The van der Waals surface area contributed by atoms with E-state index in [9.17, 15) is 4.79 Å². The van der Waals surface area contributed by atoms with Gasteiger partial charge in [0.25, 0.3) is 0 Å². The maximum absolute atomic E-state index is 11.3. The number of pyridine rings is 2. The van der Waals surface area contributed by atoms with Crippen LogP contribution in [0.3, 0.4) is 0 Å². The van der Waals surface area contributed by atoms with E-state index < -0.39 is 0 Å². The van der Waals surface area contributed by atoms with Crippen LogP contribution in [0, 0.1) is 0 Å². The lowest BCUT2D eigenvalue weighted by atomic mass is 10.1. The van der Waals surface area contributed by atoms with Gasteiger partial charge in [-0.2, -0.15) is 5.10 Å². The molecule has 0 aromatic carbocycles. The van der Waals surface area contributed by atoms with Crippen molar-refractivity contribution in [3.63, 3.8) is 0 Å². The molecule has 0 saturated carbocycles. The third-order valence-electron chi connectivity index (χ3n) is 3.96. The summed E-state index contributed by atoms with van der Waals surface area (Å²) in [6, 6.07) is 5.68. The second kappa shape index (κ2) is 5.62. The first-order chi connectivity index (χ1) is 11.2. The quantitative estimate of drug-likeness (QED) is 0.750. The maximum Gasteiger partial charge on any atom is 0.220 e. The van der Waals surface area contributed by atoms with Gasteiger partial charge in [0.15, 0.2) is 0 Å². The molecule has 116 valence electrons. The van der Waals surface area contributed by atoms with E-state index >= 15 is 0 Å². The molecule has 3 aromatic heterocycles. The average Bonchev–Trinajstić information content (AvgIpc) is 3.16. The fourth-order valence-electron chi connectivity index (χ4n) is 2.79. The van der Waals surface area contributed by atoms with Crippen LogP contribution in [0.2, 0.25) is 5.15 Å². The van der Waals surface area contributed by atoms with Gasteiger partial charge in [-0.05, 0) is 24.6 Å². The van der Waals surface area contributed by atoms with Crippen LogP contribution in [0.4, 0.5) is 0 Å². The monoisotopic (exact) mass is 327 g/mol. The summed E-state index contributed by atoms with van der Waals surface area (Å²) in [6.07, 6.45) is 7.01. The van der Waals surface area contributed by atoms with Gasteiger partial charge in [-0.3, -0.25) is 14.5 Å². The molecule has 1 aliphatic heterocycles. The number of nitrogens with one attached hydrogen (secondary N) is 1. The van der Waals surface area contributed by atoms with Gasteiger partial charge < -0.3 is 5.32 Å². The number of aromatic nitrogens is 4. The molecule has 6 nitrogen and oxygen atoms in total. The van der Waals surface area contributed by atoms with Crippen LogP contribution < -0.4 is 5.32 Å². The molecule has 0 spiro atoms. The zero-order valence-corrected chi connectivity index (χ0v) is 13.0. The Bertz CT molecular complexity index is 891. The van der Waals surface area contributed by atoms with E-state index in [1.165, 1.54) is 0 Å². The Labute approximate surface area is 137 Å². The first kappa shape index (κ1) is 14.1. The third-order valence-corrected chi connectivity index (χ3v) is 4.17. The van der Waals surface area contributed by atoms with E-state index in [1.54, 1.807) is 18.5 Å². The van der Waals surface area contributed by atoms with E-state index in [1.807, 2.05) is 23.0 Å². The van der Waals surface area contributed by atoms with Crippen LogP contribution in [0.15, 0.2) is 36.8 Å². The highest BCUT2D eigenvalue weighted by Crippen LogP contribution is 2.22. The fourth-order valence-corrected chi connectivity index (χ4v) is 2.95. The molecule has 0 aliphatic carbocycles. The topological polar surface area (TPSA) is 72.7 Å². The molecule has 1 aliphatic rings. The molecule has 0 radical (unpaired) electrons.